The molecule has 2 N–H and O–H groups in total. The Labute approximate surface area is 161 Å². The van der Waals surface area contributed by atoms with Crippen LogP contribution < -0.4 is 5.32 Å². The van der Waals surface area contributed by atoms with Gasteiger partial charge in [0.25, 0.3) is 0 Å². The fourth-order valence-corrected chi connectivity index (χ4v) is 3.28. The molecule has 0 fully saturated rings. The summed E-state index contributed by atoms with van der Waals surface area (Å²) in [5.74, 6) is 0.860. The highest BCUT2D eigenvalue weighted by Gasteiger charge is 2.10. The third-order valence-electron chi connectivity index (χ3n) is 3.73. The third-order valence-corrected chi connectivity index (χ3v) is 4.91. The van der Waals surface area contributed by atoms with Crippen molar-refractivity contribution in [2.24, 2.45) is 0 Å². The molecule has 0 spiro atoms. The quantitative estimate of drug-likeness (QED) is 0.454. The summed E-state index contributed by atoms with van der Waals surface area (Å²) < 4.78 is 0. The molecule has 0 atom stereocenters. The highest BCUT2D eigenvalue weighted by atomic mass is 35.5. The van der Waals surface area contributed by atoms with Crippen molar-refractivity contribution in [1.29, 1.82) is 0 Å². The molecule has 26 heavy (non-hydrogen) atoms. The first-order chi connectivity index (χ1) is 12.7. The number of amides is 1. The van der Waals surface area contributed by atoms with Crippen LogP contribution in [0.5, 0.6) is 0 Å². The lowest BCUT2D eigenvalue weighted by molar-refractivity contribution is -0.118. The predicted molar refractivity (Wildman–Crippen MR) is 105 cm³/mol. The molecule has 0 aliphatic rings. The van der Waals surface area contributed by atoms with Crippen LogP contribution in [0.25, 0.3) is 11.4 Å². The van der Waals surface area contributed by atoms with E-state index in [0.717, 1.165) is 18.4 Å². The summed E-state index contributed by atoms with van der Waals surface area (Å²) in [6, 6.07) is 17.7. The van der Waals surface area contributed by atoms with Crippen molar-refractivity contribution in [1.82, 2.24) is 20.5 Å². The molecule has 0 saturated carbocycles. The summed E-state index contributed by atoms with van der Waals surface area (Å²) in [6.45, 7) is 0.660. The van der Waals surface area contributed by atoms with Crippen LogP contribution in [-0.4, -0.2) is 33.4 Å². The molecule has 3 rings (SSSR count). The minimum absolute atomic E-state index is 0.0212. The third kappa shape index (κ3) is 5.34. The van der Waals surface area contributed by atoms with Gasteiger partial charge in [-0.15, -0.1) is 5.10 Å². The summed E-state index contributed by atoms with van der Waals surface area (Å²) in [7, 11) is 0. The molecule has 0 radical (unpaired) electrons. The first-order valence-electron chi connectivity index (χ1n) is 8.33. The fourth-order valence-electron chi connectivity index (χ4n) is 2.43. The van der Waals surface area contributed by atoms with E-state index in [-0.39, 0.29) is 11.7 Å². The number of nitrogens with one attached hydrogen (secondary N) is 2. The lowest BCUT2D eigenvalue weighted by Crippen LogP contribution is -2.26. The van der Waals surface area contributed by atoms with Crippen LogP contribution in [0.1, 0.15) is 12.0 Å². The monoisotopic (exact) mass is 386 g/mol. The summed E-state index contributed by atoms with van der Waals surface area (Å²) in [6.07, 6.45) is 1.87. The lowest BCUT2D eigenvalue weighted by atomic mass is 10.1. The SMILES string of the molecule is O=C(CSc1n[nH]c(-c2ccccc2Cl)n1)NCCCc1ccccc1. The van der Waals surface area contributed by atoms with E-state index in [4.69, 9.17) is 11.6 Å². The lowest BCUT2D eigenvalue weighted by Gasteiger charge is -2.04. The summed E-state index contributed by atoms with van der Waals surface area (Å²) in [4.78, 5) is 16.3. The van der Waals surface area contributed by atoms with Gasteiger partial charge in [0, 0.05) is 12.1 Å². The molecule has 2 aromatic carbocycles. The Morgan fingerprint density at radius 1 is 1.12 bits per heavy atom. The van der Waals surface area contributed by atoms with Gasteiger partial charge in [0.2, 0.25) is 11.1 Å². The number of rotatable bonds is 8. The number of H-pyrrole nitrogens is 1. The smallest absolute Gasteiger partial charge is 0.230 e. The Kier molecular flexibility index (Phi) is 6.68. The predicted octanol–water partition coefficient (Wildman–Crippen LogP) is 3.97. The molecular formula is C19H19ClN4OS. The maximum absolute atomic E-state index is 11.9. The van der Waals surface area contributed by atoms with E-state index >= 15 is 0 Å². The first-order valence-corrected chi connectivity index (χ1v) is 9.69. The van der Waals surface area contributed by atoms with Gasteiger partial charge in [-0.25, -0.2) is 4.98 Å². The largest absolute Gasteiger partial charge is 0.355 e. The number of benzene rings is 2. The second kappa shape index (κ2) is 9.40. The van der Waals surface area contributed by atoms with Gasteiger partial charge in [-0.3, -0.25) is 9.89 Å². The zero-order valence-corrected chi connectivity index (χ0v) is 15.7. The zero-order chi connectivity index (χ0) is 18.2. The number of aromatic amines is 1. The molecule has 7 heteroatoms. The van der Waals surface area contributed by atoms with Crippen LogP contribution in [0, 0.1) is 0 Å². The molecule has 0 aliphatic carbocycles. The van der Waals surface area contributed by atoms with E-state index in [2.05, 4.69) is 32.6 Å². The normalized spacial score (nSPS) is 10.7. The summed E-state index contributed by atoms with van der Waals surface area (Å²) in [5.41, 5.74) is 2.07. The van der Waals surface area contributed by atoms with E-state index in [0.29, 0.717) is 22.5 Å². The number of aryl methyl sites for hydroxylation is 1. The Hall–Kier alpha value is -2.31. The Morgan fingerprint density at radius 2 is 1.88 bits per heavy atom. The molecule has 1 amide bonds. The average Bonchev–Trinajstić information content (AvgIpc) is 3.13. The van der Waals surface area contributed by atoms with Gasteiger partial charge in [0.15, 0.2) is 5.82 Å². The van der Waals surface area contributed by atoms with Crippen LogP contribution in [0.2, 0.25) is 5.02 Å². The molecule has 3 aromatic rings. The van der Waals surface area contributed by atoms with E-state index in [1.807, 2.05) is 36.4 Å². The van der Waals surface area contributed by atoms with Crippen molar-refractivity contribution in [3.05, 3.63) is 65.2 Å². The van der Waals surface area contributed by atoms with Gasteiger partial charge < -0.3 is 5.32 Å². The molecule has 0 aliphatic heterocycles. The molecule has 1 heterocycles. The molecule has 5 nitrogen and oxygen atoms in total. The molecule has 134 valence electrons. The number of hydrogen-bond acceptors (Lipinski definition) is 4. The molecule has 0 saturated heterocycles. The van der Waals surface area contributed by atoms with Gasteiger partial charge in [-0.1, -0.05) is 65.8 Å². The van der Waals surface area contributed by atoms with Gasteiger partial charge in [-0.2, -0.15) is 0 Å². The maximum atomic E-state index is 11.9. The second-order valence-corrected chi connectivity index (χ2v) is 7.02. The molecule has 0 unspecified atom stereocenters. The van der Waals surface area contributed by atoms with E-state index < -0.39 is 0 Å². The van der Waals surface area contributed by atoms with Gasteiger partial charge in [-0.05, 0) is 30.5 Å². The number of hydrogen-bond donors (Lipinski definition) is 2. The standard InChI is InChI=1S/C19H19ClN4OS/c20-16-11-5-4-10-15(16)18-22-19(24-23-18)26-13-17(25)21-12-6-9-14-7-2-1-3-8-14/h1-5,7-8,10-11H,6,9,12-13H2,(H,21,25)(H,22,23,24). The van der Waals surface area contributed by atoms with Crippen LogP contribution in [0.4, 0.5) is 0 Å². The Balaban J connectivity index is 1.40. The Morgan fingerprint density at radius 3 is 2.69 bits per heavy atom. The summed E-state index contributed by atoms with van der Waals surface area (Å²) >= 11 is 7.45. The van der Waals surface area contributed by atoms with E-state index in [1.54, 1.807) is 6.07 Å². The number of nitrogens with zero attached hydrogens (tertiary/aromatic N) is 2. The summed E-state index contributed by atoms with van der Waals surface area (Å²) in [5, 5.41) is 11.0. The number of aromatic nitrogens is 3. The van der Waals surface area contributed by atoms with Crippen molar-refractivity contribution in [3.8, 4) is 11.4 Å². The number of carbonyl (C=O) groups is 1. The van der Waals surface area contributed by atoms with Crippen LogP contribution in [0.15, 0.2) is 59.8 Å². The minimum atomic E-state index is -0.0212. The highest BCUT2D eigenvalue weighted by Crippen LogP contribution is 2.25. The van der Waals surface area contributed by atoms with Crippen molar-refractivity contribution in [3.63, 3.8) is 0 Å². The average molecular weight is 387 g/mol. The van der Waals surface area contributed by atoms with Crippen LogP contribution >= 0.6 is 23.4 Å². The van der Waals surface area contributed by atoms with Crippen molar-refractivity contribution in [2.75, 3.05) is 12.3 Å². The van der Waals surface area contributed by atoms with E-state index in [9.17, 15) is 4.79 Å². The van der Waals surface area contributed by atoms with Gasteiger partial charge in [0.1, 0.15) is 0 Å². The van der Waals surface area contributed by atoms with Crippen molar-refractivity contribution >= 4 is 29.3 Å². The zero-order valence-electron chi connectivity index (χ0n) is 14.1. The maximum Gasteiger partial charge on any atom is 0.230 e. The highest BCUT2D eigenvalue weighted by molar-refractivity contribution is 7.99. The minimum Gasteiger partial charge on any atom is -0.355 e. The van der Waals surface area contributed by atoms with E-state index in [1.165, 1.54) is 17.3 Å². The van der Waals surface area contributed by atoms with Gasteiger partial charge in [0.05, 0.1) is 10.8 Å². The van der Waals surface area contributed by atoms with Gasteiger partial charge >= 0.3 is 0 Å². The molecule has 1 aromatic heterocycles. The molecular weight excluding hydrogens is 368 g/mol. The first kappa shape index (κ1) is 18.5. The van der Waals surface area contributed by atoms with Crippen LogP contribution in [0.3, 0.4) is 0 Å². The van der Waals surface area contributed by atoms with Crippen molar-refractivity contribution < 1.29 is 4.79 Å². The molecule has 0 bridgehead atoms. The number of halogens is 1. The number of thioether (sulfide) groups is 1. The topological polar surface area (TPSA) is 70.7 Å². The van der Waals surface area contributed by atoms with Crippen molar-refractivity contribution in [2.45, 2.75) is 18.0 Å². The Bertz CT molecular complexity index is 854. The number of carbonyl (C=O) groups excluding carboxylic acids is 1. The van der Waals surface area contributed by atoms with Crippen LogP contribution in [-0.2, 0) is 11.2 Å². The second-order valence-electron chi connectivity index (χ2n) is 5.67. The fraction of sp³-hybridized carbons (Fsp3) is 0.211.